The van der Waals surface area contributed by atoms with Gasteiger partial charge in [-0.1, -0.05) is 12.1 Å². The van der Waals surface area contributed by atoms with Gasteiger partial charge in [0.25, 0.3) is 5.91 Å². The van der Waals surface area contributed by atoms with Crippen LogP contribution in [-0.2, 0) is 11.3 Å². The van der Waals surface area contributed by atoms with E-state index >= 15 is 0 Å². The van der Waals surface area contributed by atoms with E-state index in [4.69, 9.17) is 4.74 Å². The number of carbonyl (C=O) groups excluding carboxylic acids is 2. The molecular formula is C20H22N2O3. The van der Waals surface area contributed by atoms with E-state index in [2.05, 4.69) is 5.32 Å². The molecule has 5 heteroatoms. The van der Waals surface area contributed by atoms with Crippen molar-refractivity contribution in [2.45, 2.75) is 26.8 Å². The van der Waals surface area contributed by atoms with Gasteiger partial charge in [-0.25, -0.2) is 0 Å². The van der Waals surface area contributed by atoms with Crippen LogP contribution in [0.2, 0.25) is 0 Å². The Morgan fingerprint density at radius 1 is 1.16 bits per heavy atom. The van der Waals surface area contributed by atoms with Gasteiger partial charge < -0.3 is 15.0 Å². The molecule has 0 unspecified atom stereocenters. The van der Waals surface area contributed by atoms with Gasteiger partial charge in [0.2, 0.25) is 5.91 Å². The molecule has 130 valence electrons. The third kappa shape index (κ3) is 3.65. The summed E-state index contributed by atoms with van der Waals surface area (Å²) in [5.74, 6) is 0.603. The molecule has 1 aliphatic heterocycles. The lowest BCUT2D eigenvalue weighted by Crippen LogP contribution is -2.26. The van der Waals surface area contributed by atoms with Crippen LogP contribution in [0.4, 0.5) is 5.69 Å². The molecule has 2 aromatic rings. The highest BCUT2D eigenvalue weighted by atomic mass is 16.5. The van der Waals surface area contributed by atoms with Crippen LogP contribution in [-0.4, -0.2) is 25.5 Å². The van der Waals surface area contributed by atoms with Gasteiger partial charge in [0.15, 0.2) is 0 Å². The third-order valence-electron chi connectivity index (χ3n) is 4.55. The zero-order chi connectivity index (χ0) is 18.0. The first kappa shape index (κ1) is 17.0. The van der Waals surface area contributed by atoms with Crippen molar-refractivity contribution in [1.82, 2.24) is 5.32 Å². The summed E-state index contributed by atoms with van der Waals surface area (Å²) in [5, 5.41) is 2.93. The number of nitrogens with zero attached hydrogens (tertiary/aromatic N) is 1. The van der Waals surface area contributed by atoms with Crippen LogP contribution in [0, 0.1) is 13.8 Å². The molecule has 1 aliphatic rings. The quantitative estimate of drug-likeness (QED) is 0.936. The number of hydrogen-bond acceptors (Lipinski definition) is 3. The van der Waals surface area contributed by atoms with Crippen LogP contribution >= 0.6 is 0 Å². The Hall–Kier alpha value is -2.82. The molecule has 0 saturated carbocycles. The average Bonchev–Trinajstić information content (AvgIpc) is 2.74. The summed E-state index contributed by atoms with van der Waals surface area (Å²) in [4.78, 5) is 25.9. The van der Waals surface area contributed by atoms with Crippen molar-refractivity contribution in [2.24, 2.45) is 0 Å². The first-order chi connectivity index (χ1) is 12.0. The van der Waals surface area contributed by atoms with Gasteiger partial charge in [0.05, 0.1) is 18.7 Å². The fourth-order valence-electron chi connectivity index (χ4n) is 2.77. The SMILES string of the molecule is Cc1ccc(C(=O)NCc2ccc3c(c2)N(C)C(=O)CCO3)cc1C. The number of fused-ring (bicyclic) bond motifs is 1. The lowest BCUT2D eigenvalue weighted by Gasteiger charge is -2.17. The third-order valence-corrected chi connectivity index (χ3v) is 4.55. The molecule has 0 saturated heterocycles. The van der Waals surface area contributed by atoms with Crippen LogP contribution in [0.1, 0.15) is 33.5 Å². The first-order valence-corrected chi connectivity index (χ1v) is 8.33. The summed E-state index contributed by atoms with van der Waals surface area (Å²) < 4.78 is 5.61. The minimum atomic E-state index is -0.112. The lowest BCUT2D eigenvalue weighted by atomic mass is 10.1. The number of rotatable bonds is 3. The molecule has 1 heterocycles. The molecule has 0 bridgehead atoms. The van der Waals surface area contributed by atoms with E-state index in [1.165, 1.54) is 0 Å². The second-order valence-electron chi connectivity index (χ2n) is 6.34. The van der Waals surface area contributed by atoms with Crippen molar-refractivity contribution in [1.29, 1.82) is 0 Å². The fourth-order valence-corrected chi connectivity index (χ4v) is 2.77. The van der Waals surface area contributed by atoms with Crippen molar-refractivity contribution in [3.8, 4) is 5.75 Å². The highest BCUT2D eigenvalue weighted by Gasteiger charge is 2.20. The number of nitrogens with one attached hydrogen (secondary N) is 1. The van der Waals surface area contributed by atoms with E-state index in [-0.39, 0.29) is 11.8 Å². The van der Waals surface area contributed by atoms with Crippen molar-refractivity contribution in [3.05, 3.63) is 58.7 Å². The number of hydrogen-bond donors (Lipinski definition) is 1. The predicted molar refractivity (Wildman–Crippen MR) is 97.1 cm³/mol. The molecule has 0 radical (unpaired) electrons. The number of amides is 2. The van der Waals surface area contributed by atoms with Crippen LogP contribution in [0.25, 0.3) is 0 Å². The normalized spacial score (nSPS) is 13.7. The Kier molecular flexibility index (Phi) is 4.74. The Labute approximate surface area is 147 Å². The fraction of sp³-hybridized carbons (Fsp3) is 0.300. The molecule has 3 rings (SSSR count). The topological polar surface area (TPSA) is 58.6 Å². The van der Waals surface area contributed by atoms with E-state index in [0.717, 1.165) is 22.4 Å². The summed E-state index contributed by atoms with van der Waals surface area (Å²) in [7, 11) is 1.74. The molecule has 0 spiro atoms. The second-order valence-corrected chi connectivity index (χ2v) is 6.34. The van der Waals surface area contributed by atoms with Crippen LogP contribution < -0.4 is 15.0 Å². The average molecular weight is 338 g/mol. The molecular weight excluding hydrogens is 316 g/mol. The van der Waals surface area contributed by atoms with Gasteiger partial charge in [-0.15, -0.1) is 0 Å². The molecule has 2 amide bonds. The number of ether oxygens (including phenoxy) is 1. The van der Waals surface area contributed by atoms with Crippen molar-refractivity contribution < 1.29 is 14.3 Å². The molecule has 1 N–H and O–H groups in total. The highest BCUT2D eigenvalue weighted by molar-refractivity contribution is 5.95. The molecule has 5 nitrogen and oxygen atoms in total. The Bertz CT molecular complexity index is 830. The largest absolute Gasteiger partial charge is 0.491 e. The van der Waals surface area contributed by atoms with Gasteiger partial charge in [-0.3, -0.25) is 9.59 Å². The summed E-state index contributed by atoms with van der Waals surface area (Å²) in [6, 6.07) is 11.3. The van der Waals surface area contributed by atoms with Crippen LogP contribution in [0.15, 0.2) is 36.4 Å². The number of benzene rings is 2. The summed E-state index contributed by atoms with van der Waals surface area (Å²) in [6.07, 6.45) is 0.365. The zero-order valence-electron chi connectivity index (χ0n) is 14.8. The van der Waals surface area contributed by atoms with E-state index < -0.39 is 0 Å². The maximum absolute atomic E-state index is 12.3. The van der Waals surface area contributed by atoms with Gasteiger partial charge in [-0.2, -0.15) is 0 Å². The smallest absolute Gasteiger partial charge is 0.251 e. The second kappa shape index (κ2) is 6.97. The molecule has 0 aliphatic carbocycles. The van der Waals surface area contributed by atoms with Crippen LogP contribution in [0.3, 0.4) is 0 Å². The van der Waals surface area contributed by atoms with Gasteiger partial charge in [0, 0.05) is 19.2 Å². The van der Waals surface area contributed by atoms with Crippen molar-refractivity contribution in [3.63, 3.8) is 0 Å². The lowest BCUT2D eigenvalue weighted by molar-refractivity contribution is -0.118. The molecule has 0 aromatic heterocycles. The molecule has 0 atom stereocenters. The minimum absolute atomic E-state index is 0.0232. The Morgan fingerprint density at radius 2 is 1.96 bits per heavy atom. The maximum atomic E-state index is 12.3. The van der Waals surface area contributed by atoms with E-state index in [9.17, 15) is 9.59 Å². The molecule has 25 heavy (non-hydrogen) atoms. The summed E-state index contributed by atoms with van der Waals surface area (Å²) in [6.45, 7) is 4.79. The predicted octanol–water partition coefficient (Wildman–Crippen LogP) is 2.98. The Morgan fingerprint density at radius 3 is 2.72 bits per heavy atom. The van der Waals surface area contributed by atoms with Gasteiger partial charge in [0.1, 0.15) is 5.75 Å². The van der Waals surface area contributed by atoms with Gasteiger partial charge in [-0.05, 0) is 54.8 Å². The summed E-state index contributed by atoms with van der Waals surface area (Å²) in [5.41, 5.74) is 4.56. The highest BCUT2D eigenvalue weighted by Crippen LogP contribution is 2.31. The van der Waals surface area contributed by atoms with Crippen LogP contribution in [0.5, 0.6) is 5.75 Å². The molecule has 0 fully saturated rings. The number of aryl methyl sites for hydroxylation is 2. The number of carbonyl (C=O) groups is 2. The maximum Gasteiger partial charge on any atom is 0.251 e. The van der Waals surface area contributed by atoms with Crippen molar-refractivity contribution in [2.75, 3.05) is 18.6 Å². The van der Waals surface area contributed by atoms with E-state index in [1.807, 2.05) is 50.2 Å². The monoisotopic (exact) mass is 338 g/mol. The minimum Gasteiger partial charge on any atom is -0.491 e. The van der Waals surface area contributed by atoms with E-state index in [1.54, 1.807) is 11.9 Å². The number of anilines is 1. The first-order valence-electron chi connectivity index (χ1n) is 8.33. The standard InChI is InChI=1S/C20H22N2O3/c1-13-4-6-16(10-14(13)2)20(24)21-12-15-5-7-18-17(11-15)22(3)19(23)8-9-25-18/h4-7,10-11H,8-9,12H2,1-3H3,(H,21,24). The summed E-state index contributed by atoms with van der Waals surface area (Å²) >= 11 is 0. The van der Waals surface area contributed by atoms with Crippen molar-refractivity contribution >= 4 is 17.5 Å². The van der Waals surface area contributed by atoms with Gasteiger partial charge >= 0.3 is 0 Å². The zero-order valence-corrected chi connectivity index (χ0v) is 14.8. The molecule has 2 aromatic carbocycles. The van der Waals surface area contributed by atoms with E-state index in [0.29, 0.717) is 30.9 Å². The Balaban J connectivity index is 1.73.